The maximum atomic E-state index is 12.4. The molecule has 1 fully saturated rings. The molecule has 1 aromatic rings. The molecule has 1 amide bonds. The van der Waals surface area contributed by atoms with Gasteiger partial charge in [-0.2, -0.15) is 4.31 Å². The zero-order chi connectivity index (χ0) is 18.8. The summed E-state index contributed by atoms with van der Waals surface area (Å²) < 4.78 is 26.3. The molecule has 0 aromatic heterocycles. The van der Waals surface area contributed by atoms with E-state index in [1.54, 1.807) is 32.9 Å². The van der Waals surface area contributed by atoms with Crippen LogP contribution in [0.5, 0.6) is 0 Å². The first-order valence-corrected chi connectivity index (χ1v) is 9.70. The summed E-state index contributed by atoms with van der Waals surface area (Å²) in [7, 11) is -3.52. The first-order chi connectivity index (χ1) is 11.7. The maximum Gasteiger partial charge on any atom is 0.243 e. The molecular weight excluding hydrogens is 346 g/mol. The van der Waals surface area contributed by atoms with Crippen molar-refractivity contribution < 1.29 is 18.1 Å². The molecule has 1 aromatic carbocycles. The van der Waals surface area contributed by atoms with Crippen molar-refractivity contribution in [3.05, 3.63) is 39.9 Å². The molecule has 1 aliphatic rings. The minimum atomic E-state index is -3.52. The molecular formula is C16H23N3O5S. The highest BCUT2D eigenvalue weighted by molar-refractivity contribution is 7.89. The Bertz CT molecular complexity index is 744. The molecule has 0 aliphatic heterocycles. The Hall–Kier alpha value is -2.00. The predicted octanol–water partition coefficient (Wildman–Crippen LogP) is 1.56. The molecule has 0 saturated heterocycles. The van der Waals surface area contributed by atoms with Crippen LogP contribution in [0.4, 0.5) is 0 Å². The Kier molecular flexibility index (Phi) is 5.79. The summed E-state index contributed by atoms with van der Waals surface area (Å²) in [5.41, 5.74) is 0.741. The summed E-state index contributed by atoms with van der Waals surface area (Å²) in [5.74, 6) is -0.909. The van der Waals surface area contributed by atoms with Gasteiger partial charge in [0.2, 0.25) is 22.0 Å². The van der Waals surface area contributed by atoms with Gasteiger partial charge in [0.05, 0.1) is 10.9 Å². The number of sulfonamides is 1. The largest absolute Gasteiger partial charge is 0.349 e. The third kappa shape index (κ3) is 4.16. The quantitative estimate of drug-likeness (QED) is 0.552. The van der Waals surface area contributed by atoms with Crippen molar-refractivity contribution in [2.45, 2.75) is 44.2 Å². The van der Waals surface area contributed by atoms with Crippen molar-refractivity contribution in [2.24, 2.45) is 5.92 Å². The van der Waals surface area contributed by atoms with E-state index < -0.39 is 26.9 Å². The number of hydrogen-bond acceptors (Lipinski definition) is 5. The molecule has 3 unspecified atom stereocenters. The SMILES string of the molecule is CCN(CC)S(=O)(=O)c1ccc(C(C)NC(=O)C2CC2[N+](=O)[O-])cc1. The lowest BCUT2D eigenvalue weighted by Gasteiger charge is -2.19. The van der Waals surface area contributed by atoms with Crippen molar-refractivity contribution in [3.63, 3.8) is 0 Å². The van der Waals surface area contributed by atoms with Crippen LogP contribution in [0.25, 0.3) is 0 Å². The number of amides is 1. The van der Waals surface area contributed by atoms with Crippen molar-refractivity contribution in [2.75, 3.05) is 13.1 Å². The Morgan fingerprint density at radius 3 is 2.32 bits per heavy atom. The molecule has 0 radical (unpaired) electrons. The number of nitrogens with one attached hydrogen (secondary N) is 1. The van der Waals surface area contributed by atoms with Gasteiger partial charge in [-0.15, -0.1) is 0 Å². The van der Waals surface area contributed by atoms with Crippen molar-refractivity contribution >= 4 is 15.9 Å². The number of nitro groups is 1. The summed E-state index contributed by atoms with van der Waals surface area (Å²) in [6.45, 7) is 6.11. The van der Waals surface area contributed by atoms with Gasteiger partial charge in [0.25, 0.3) is 0 Å². The number of hydrogen-bond donors (Lipinski definition) is 1. The van der Waals surface area contributed by atoms with E-state index in [4.69, 9.17) is 0 Å². The molecule has 1 aliphatic carbocycles. The van der Waals surface area contributed by atoms with Crippen LogP contribution in [0.1, 0.15) is 38.8 Å². The normalized spacial score (nSPS) is 21.0. The highest BCUT2D eigenvalue weighted by Crippen LogP contribution is 2.33. The van der Waals surface area contributed by atoms with Crippen LogP contribution in [-0.2, 0) is 14.8 Å². The average Bonchev–Trinajstić information content (AvgIpc) is 3.36. The lowest BCUT2D eigenvalue weighted by molar-refractivity contribution is -0.497. The van der Waals surface area contributed by atoms with E-state index in [9.17, 15) is 23.3 Å². The topological polar surface area (TPSA) is 110 Å². The molecule has 9 heteroatoms. The number of rotatable bonds is 8. The van der Waals surface area contributed by atoms with Crippen molar-refractivity contribution in [1.82, 2.24) is 9.62 Å². The monoisotopic (exact) mass is 369 g/mol. The zero-order valence-corrected chi connectivity index (χ0v) is 15.3. The van der Waals surface area contributed by atoms with Crippen LogP contribution in [-0.4, -0.2) is 42.7 Å². The lowest BCUT2D eigenvalue weighted by atomic mass is 10.1. The number of benzene rings is 1. The molecule has 138 valence electrons. The van der Waals surface area contributed by atoms with Gasteiger partial charge in [0.15, 0.2) is 0 Å². The second-order valence-corrected chi connectivity index (χ2v) is 8.02. The Morgan fingerprint density at radius 1 is 1.32 bits per heavy atom. The highest BCUT2D eigenvalue weighted by Gasteiger charge is 2.53. The van der Waals surface area contributed by atoms with Crippen molar-refractivity contribution in [3.8, 4) is 0 Å². The molecule has 2 rings (SSSR count). The Balaban J connectivity index is 2.04. The van der Waals surface area contributed by atoms with E-state index in [1.165, 1.54) is 16.4 Å². The molecule has 0 spiro atoms. The second kappa shape index (κ2) is 7.49. The van der Waals surface area contributed by atoms with E-state index in [2.05, 4.69) is 5.32 Å². The smallest absolute Gasteiger partial charge is 0.243 e. The van der Waals surface area contributed by atoms with Crippen molar-refractivity contribution in [1.29, 1.82) is 0 Å². The fourth-order valence-electron chi connectivity index (χ4n) is 2.74. The Morgan fingerprint density at radius 2 is 1.88 bits per heavy atom. The molecule has 0 bridgehead atoms. The fraction of sp³-hybridized carbons (Fsp3) is 0.562. The fourth-order valence-corrected chi connectivity index (χ4v) is 4.20. The molecule has 3 atom stereocenters. The van der Waals surface area contributed by atoms with Gasteiger partial charge in [0.1, 0.15) is 5.92 Å². The summed E-state index contributed by atoms with van der Waals surface area (Å²) in [5, 5.41) is 13.4. The first-order valence-electron chi connectivity index (χ1n) is 8.26. The minimum absolute atomic E-state index is 0.203. The van der Waals surface area contributed by atoms with Gasteiger partial charge in [-0.05, 0) is 24.6 Å². The predicted molar refractivity (Wildman–Crippen MR) is 92.0 cm³/mol. The molecule has 1 saturated carbocycles. The number of carbonyl (C=O) groups excluding carboxylic acids is 1. The standard InChI is InChI=1S/C16H23N3O5S/c1-4-18(5-2)25(23,24)13-8-6-12(7-9-13)11(3)17-16(20)14-10-15(14)19(21)22/h6-9,11,14-15H,4-5,10H2,1-3H3,(H,17,20). The van der Waals surface area contributed by atoms with Gasteiger partial charge in [0, 0.05) is 24.4 Å². The second-order valence-electron chi connectivity index (χ2n) is 6.08. The van der Waals surface area contributed by atoms with Gasteiger partial charge in [-0.1, -0.05) is 26.0 Å². The molecule has 8 nitrogen and oxygen atoms in total. The average molecular weight is 369 g/mol. The van der Waals surface area contributed by atoms with Gasteiger partial charge >= 0.3 is 0 Å². The summed E-state index contributed by atoms with van der Waals surface area (Å²) in [4.78, 5) is 22.4. The molecule has 1 N–H and O–H groups in total. The molecule has 25 heavy (non-hydrogen) atoms. The van der Waals surface area contributed by atoms with Gasteiger partial charge in [-0.3, -0.25) is 14.9 Å². The van der Waals surface area contributed by atoms with Crippen LogP contribution >= 0.6 is 0 Å². The lowest BCUT2D eigenvalue weighted by Crippen LogP contribution is -2.31. The maximum absolute atomic E-state index is 12.4. The third-order valence-electron chi connectivity index (χ3n) is 4.45. The summed E-state index contributed by atoms with van der Waals surface area (Å²) in [6, 6.07) is 5.20. The van der Waals surface area contributed by atoms with Crippen LogP contribution in [0.15, 0.2) is 29.2 Å². The third-order valence-corrected chi connectivity index (χ3v) is 6.51. The molecule has 0 heterocycles. The number of nitrogens with zero attached hydrogens (tertiary/aromatic N) is 2. The van der Waals surface area contributed by atoms with E-state index >= 15 is 0 Å². The van der Waals surface area contributed by atoms with Crippen LogP contribution < -0.4 is 5.32 Å². The van der Waals surface area contributed by atoms with Crippen LogP contribution in [0, 0.1) is 16.0 Å². The summed E-state index contributed by atoms with van der Waals surface area (Å²) >= 11 is 0. The van der Waals surface area contributed by atoms with E-state index in [-0.39, 0.29) is 23.3 Å². The van der Waals surface area contributed by atoms with Crippen LogP contribution in [0.3, 0.4) is 0 Å². The van der Waals surface area contributed by atoms with E-state index in [1.807, 2.05) is 0 Å². The van der Waals surface area contributed by atoms with E-state index in [0.29, 0.717) is 13.1 Å². The van der Waals surface area contributed by atoms with Crippen LogP contribution in [0.2, 0.25) is 0 Å². The highest BCUT2D eigenvalue weighted by atomic mass is 32.2. The van der Waals surface area contributed by atoms with Gasteiger partial charge in [-0.25, -0.2) is 8.42 Å². The first kappa shape index (κ1) is 19.3. The zero-order valence-electron chi connectivity index (χ0n) is 14.5. The van der Waals surface area contributed by atoms with Gasteiger partial charge < -0.3 is 5.32 Å². The van der Waals surface area contributed by atoms with E-state index in [0.717, 1.165) is 5.56 Å². The number of carbonyl (C=O) groups is 1. The minimum Gasteiger partial charge on any atom is -0.349 e. The Labute approximate surface area is 147 Å². The summed E-state index contributed by atoms with van der Waals surface area (Å²) in [6.07, 6.45) is 0.270.